The molecule has 0 N–H and O–H groups in total. The predicted molar refractivity (Wildman–Crippen MR) is 163 cm³/mol. The number of benzene rings is 5. The van der Waals surface area contributed by atoms with Gasteiger partial charge in [-0.3, -0.25) is 0 Å². The van der Waals surface area contributed by atoms with Crippen LogP contribution in [-0.2, 0) is 0 Å². The van der Waals surface area contributed by atoms with Gasteiger partial charge in [0.25, 0.3) is 0 Å². The Kier molecular flexibility index (Phi) is 4.92. The molecule has 0 amide bonds. The van der Waals surface area contributed by atoms with E-state index < -0.39 is 0 Å². The zero-order chi connectivity index (χ0) is 25.8. The zero-order valence-corrected chi connectivity index (χ0v) is 21.3. The van der Waals surface area contributed by atoms with Crippen LogP contribution in [0.3, 0.4) is 0 Å². The maximum absolute atomic E-state index is 5.33. The quantitative estimate of drug-likeness (QED) is 0.231. The number of anilines is 4. The molecule has 3 heterocycles. The van der Waals surface area contributed by atoms with Crippen molar-refractivity contribution >= 4 is 35.3 Å². The fraction of sp³-hybridized carbons (Fsp3) is 0. The first kappa shape index (κ1) is 21.9. The lowest BCUT2D eigenvalue weighted by molar-refractivity contribution is 1.24. The van der Waals surface area contributed by atoms with E-state index in [-0.39, 0.29) is 6.98 Å². The van der Waals surface area contributed by atoms with Crippen LogP contribution in [0.25, 0.3) is 33.5 Å². The highest BCUT2D eigenvalue weighted by Gasteiger charge is 2.48. The van der Waals surface area contributed by atoms with E-state index in [1.807, 2.05) is 0 Å². The Morgan fingerprint density at radius 3 is 1.74 bits per heavy atom. The number of rotatable bonds is 3. The molecule has 0 aliphatic carbocycles. The van der Waals surface area contributed by atoms with E-state index >= 15 is 0 Å². The van der Waals surface area contributed by atoms with E-state index in [0.29, 0.717) is 0 Å². The first-order valence-electron chi connectivity index (χ1n) is 13.4. The van der Waals surface area contributed by atoms with Gasteiger partial charge in [0.15, 0.2) is 0 Å². The highest BCUT2D eigenvalue weighted by atomic mass is 15.3. The van der Waals surface area contributed by atoms with Crippen LogP contribution in [0.2, 0.25) is 0 Å². The molecule has 4 heteroatoms. The zero-order valence-electron chi connectivity index (χ0n) is 21.3. The molecule has 8 rings (SSSR count). The Bertz CT molecular complexity index is 1780. The lowest BCUT2D eigenvalue weighted by Crippen LogP contribution is -2.55. The van der Waals surface area contributed by atoms with E-state index in [1.54, 1.807) is 0 Å². The minimum Gasteiger partial charge on any atom is -0.359 e. The number of aromatic nitrogens is 1. The Hall–Kier alpha value is -5.09. The Balaban J connectivity index is 1.40. The minimum atomic E-state index is -0.0457. The molecule has 3 nitrogen and oxygen atoms in total. The second-order valence-electron chi connectivity index (χ2n) is 10.0. The Morgan fingerprint density at radius 1 is 0.436 bits per heavy atom. The molecule has 182 valence electrons. The molecule has 0 spiro atoms. The van der Waals surface area contributed by atoms with Gasteiger partial charge >= 0.3 is 6.98 Å². The molecule has 1 aromatic heterocycles. The van der Waals surface area contributed by atoms with Crippen molar-refractivity contribution in [2.75, 3.05) is 9.62 Å². The van der Waals surface area contributed by atoms with Crippen LogP contribution in [0, 0.1) is 0 Å². The van der Waals surface area contributed by atoms with E-state index in [4.69, 9.17) is 4.98 Å². The molecule has 0 bridgehead atoms. The average molecular weight is 497 g/mol. The van der Waals surface area contributed by atoms with Crippen LogP contribution < -0.4 is 15.1 Å². The van der Waals surface area contributed by atoms with Gasteiger partial charge in [0.1, 0.15) is 5.82 Å². The molecular weight excluding hydrogens is 473 g/mol. The molecule has 0 saturated carbocycles. The molecule has 39 heavy (non-hydrogen) atoms. The van der Waals surface area contributed by atoms with E-state index in [9.17, 15) is 0 Å². The van der Waals surface area contributed by atoms with Crippen molar-refractivity contribution in [1.29, 1.82) is 0 Å². The van der Waals surface area contributed by atoms with Crippen molar-refractivity contribution in [3.63, 3.8) is 0 Å². The minimum absolute atomic E-state index is 0.0457. The van der Waals surface area contributed by atoms with Crippen molar-refractivity contribution < 1.29 is 0 Å². The van der Waals surface area contributed by atoms with Crippen molar-refractivity contribution in [2.45, 2.75) is 0 Å². The molecule has 0 fully saturated rings. The third-order valence-electron chi connectivity index (χ3n) is 7.82. The average Bonchev–Trinajstić information content (AvgIpc) is 3.38. The smallest absolute Gasteiger partial charge is 0.359 e. The summed E-state index contributed by atoms with van der Waals surface area (Å²) in [5.41, 5.74) is 11.8. The summed E-state index contributed by atoms with van der Waals surface area (Å²) < 4.78 is 0. The van der Waals surface area contributed by atoms with Crippen LogP contribution in [0.1, 0.15) is 0 Å². The summed E-state index contributed by atoms with van der Waals surface area (Å²) in [6.07, 6.45) is 0. The monoisotopic (exact) mass is 497 g/mol. The third kappa shape index (κ3) is 3.42. The normalized spacial score (nSPS) is 13.0. The summed E-state index contributed by atoms with van der Waals surface area (Å²) in [7, 11) is 0. The predicted octanol–water partition coefficient (Wildman–Crippen LogP) is 8.08. The largest absolute Gasteiger partial charge is 0.422 e. The van der Waals surface area contributed by atoms with Crippen molar-refractivity contribution in [3.8, 4) is 33.5 Å². The summed E-state index contributed by atoms with van der Waals surface area (Å²) in [4.78, 5) is 10.2. The van der Waals surface area contributed by atoms with E-state index in [1.165, 1.54) is 33.5 Å². The summed E-state index contributed by atoms with van der Waals surface area (Å²) in [6.45, 7) is -0.0457. The third-order valence-corrected chi connectivity index (χ3v) is 7.82. The molecule has 0 atom stereocenters. The Morgan fingerprint density at radius 2 is 1.00 bits per heavy atom. The number of nitrogens with zero attached hydrogens (tertiary/aromatic N) is 3. The van der Waals surface area contributed by atoms with E-state index in [0.717, 1.165) is 28.3 Å². The molecule has 0 saturated heterocycles. The molecular formula is C35H24BN3. The van der Waals surface area contributed by atoms with Crippen molar-refractivity contribution in [1.82, 2.24) is 4.98 Å². The van der Waals surface area contributed by atoms with Gasteiger partial charge in [0.05, 0.1) is 17.1 Å². The van der Waals surface area contributed by atoms with Gasteiger partial charge < -0.3 is 9.62 Å². The van der Waals surface area contributed by atoms with E-state index in [2.05, 4.69) is 155 Å². The summed E-state index contributed by atoms with van der Waals surface area (Å²) in [5.74, 6) is 0.935. The van der Waals surface area contributed by atoms with Gasteiger partial charge in [-0.15, -0.1) is 0 Å². The lowest BCUT2D eigenvalue weighted by atomic mass is 9.59. The topological polar surface area (TPSA) is 19.4 Å². The maximum Gasteiger partial charge on any atom is 0.422 e. The van der Waals surface area contributed by atoms with Crippen molar-refractivity contribution in [3.05, 3.63) is 146 Å². The van der Waals surface area contributed by atoms with Crippen LogP contribution in [0.4, 0.5) is 22.9 Å². The fourth-order valence-electron chi connectivity index (χ4n) is 6.11. The highest BCUT2D eigenvalue weighted by molar-refractivity contribution is 6.86. The lowest BCUT2D eigenvalue weighted by Gasteiger charge is -2.36. The first-order chi connectivity index (χ1) is 19.4. The molecule has 2 aliphatic heterocycles. The van der Waals surface area contributed by atoms with Gasteiger partial charge in [-0.1, -0.05) is 115 Å². The summed E-state index contributed by atoms with van der Waals surface area (Å²) in [6, 6.07) is 51.8. The SMILES string of the molecule is c1ccc(-c2cc(-c3ccccc3)nc(N3B4c5ccccc5-c5ccccc5N4c4ccccc43)c2)cc1. The number of hydrogen-bond acceptors (Lipinski definition) is 3. The van der Waals surface area contributed by atoms with Crippen molar-refractivity contribution in [2.24, 2.45) is 0 Å². The molecule has 0 radical (unpaired) electrons. The molecule has 2 aliphatic rings. The van der Waals surface area contributed by atoms with Gasteiger partial charge in [-0.2, -0.15) is 0 Å². The van der Waals surface area contributed by atoms with Gasteiger partial charge in [0, 0.05) is 16.8 Å². The molecule has 6 aromatic rings. The fourth-order valence-corrected chi connectivity index (χ4v) is 6.11. The van der Waals surface area contributed by atoms with Crippen LogP contribution >= 0.6 is 0 Å². The molecule has 5 aromatic carbocycles. The number of hydrogen-bond donors (Lipinski definition) is 0. The number of para-hydroxylation sites is 3. The van der Waals surface area contributed by atoms with Gasteiger partial charge in [-0.25, -0.2) is 4.98 Å². The van der Waals surface area contributed by atoms with Crippen LogP contribution in [0.15, 0.2) is 146 Å². The van der Waals surface area contributed by atoms with Gasteiger partial charge in [0.2, 0.25) is 0 Å². The maximum atomic E-state index is 5.33. The summed E-state index contributed by atoms with van der Waals surface area (Å²) in [5, 5.41) is 0. The summed E-state index contributed by atoms with van der Waals surface area (Å²) >= 11 is 0. The second-order valence-corrected chi connectivity index (χ2v) is 10.0. The standard InChI is InChI=1S/C35H24BN3/c1-3-13-25(14-4-1)27-23-31(26-15-5-2-6-16-26)37-35(24-27)39-34-22-12-11-21-33(34)38-32-20-10-8-18-29(32)28-17-7-9-19-30(28)36(38)39/h1-24H. The number of pyridine rings is 1. The second kappa shape index (κ2) is 8.75. The highest BCUT2D eigenvalue weighted by Crippen LogP contribution is 2.50. The van der Waals surface area contributed by atoms with Crippen LogP contribution in [0.5, 0.6) is 0 Å². The Labute approximate surface area is 228 Å². The van der Waals surface area contributed by atoms with Gasteiger partial charge in [-0.05, 0) is 52.5 Å². The first-order valence-corrected chi connectivity index (χ1v) is 13.4. The number of fused-ring (bicyclic) bond motifs is 8. The van der Waals surface area contributed by atoms with Crippen LogP contribution in [-0.4, -0.2) is 12.0 Å². The molecule has 0 unspecified atom stereocenters.